The van der Waals surface area contributed by atoms with Crippen molar-refractivity contribution in [2.75, 3.05) is 12.5 Å². The number of aryl methyl sites for hydroxylation is 1. The Balaban J connectivity index is 2.95. The fourth-order valence-corrected chi connectivity index (χ4v) is 0.832. The van der Waals surface area contributed by atoms with Gasteiger partial charge in [-0.25, -0.2) is 5.43 Å². The summed E-state index contributed by atoms with van der Waals surface area (Å²) in [7, 11) is 1.55. The molecule has 0 bridgehead atoms. The molecule has 0 amide bonds. The first kappa shape index (κ1) is 9.85. The van der Waals surface area contributed by atoms with Crippen molar-refractivity contribution in [3.63, 3.8) is 0 Å². The molecular weight excluding hydrogens is 185 g/mol. The predicted octanol–water partition coefficient (Wildman–Crippen LogP) is 1.21. The number of nitrogens with one attached hydrogen (secondary N) is 2. The fourth-order valence-electron chi connectivity index (χ4n) is 0.832. The third kappa shape index (κ3) is 2.11. The third-order valence-electron chi connectivity index (χ3n) is 1.40. The summed E-state index contributed by atoms with van der Waals surface area (Å²) in [4.78, 5) is 0. The zero-order valence-electron chi connectivity index (χ0n) is 7.11. The minimum Gasteiger partial charge on any atom is -0.304 e. The monoisotopic (exact) mass is 194 g/mol. The minimum atomic E-state index is -4.46. The topological polar surface area (TPSA) is 41.9 Å². The van der Waals surface area contributed by atoms with Crippen LogP contribution in [0.1, 0.15) is 5.56 Å². The van der Waals surface area contributed by atoms with Gasteiger partial charge in [-0.1, -0.05) is 0 Å². The van der Waals surface area contributed by atoms with Crippen LogP contribution in [0, 0.1) is 6.92 Å². The lowest BCUT2D eigenvalue weighted by Crippen LogP contribution is -2.19. The fraction of sp³-hybridized carbons (Fsp3) is 0.500. The molecule has 0 aromatic carbocycles. The average Bonchev–Trinajstić information content (AvgIpc) is 2.32. The number of hydrazine groups is 1. The van der Waals surface area contributed by atoms with Gasteiger partial charge in [0.2, 0.25) is 0 Å². The third-order valence-corrected chi connectivity index (χ3v) is 1.40. The van der Waals surface area contributed by atoms with Crippen LogP contribution in [-0.2, 0) is 6.30 Å². The molecule has 0 aliphatic carbocycles. The molecule has 0 aliphatic heterocycles. The van der Waals surface area contributed by atoms with E-state index in [1.54, 1.807) is 7.05 Å². The first-order valence-corrected chi connectivity index (χ1v) is 3.51. The van der Waals surface area contributed by atoms with Crippen LogP contribution >= 0.6 is 0 Å². The number of anilines is 1. The minimum absolute atomic E-state index is 0.0397. The van der Waals surface area contributed by atoms with Crippen LogP contribution in [0.25, 0.3) is 0 Å². The van der Waals surface area contributed by atoms with E-state index in [4.69, 9.17) is 0 Å². The highest BCUT2D eigenvalue weighted by Crippen LogP contribution is 2.23. The molecule has 0 unspecified atom stereocenters. The second-order valence-corrected chi connectivity index (χ2v) is 2.45. The summed E-state index contributed by atoms with van der Waals surface area (Å²) in [6, 6.07) is 0. The highest BCUT2D eigenvalue weighted by Gasteiger charge is 2.32. The summed E-state index contributed by atoms with van der Waals surface area (Å²) in [5.74, 6) is 0.167. The summed E-state index contributed by atoms with van der Waals surface area (Å²) in [6.07, 6.45) is -3.54. The van der Waals surface area contributed by atoms with Gasteiger partial charge in [-0.15, -0.1) is 18.3 Å². The Hall–Kier alpha value is -1.24. The molecule has 0 aliphatic rings. The molecule has 7 heteroatoms. The van der Waals surface area contributed by atoms with E-state index >= 15 is 0 Å². The molecule has 1 aromatic rings. The maximum atomic E-state index is 12.1. The van der Waals surface area contributed by atoms with E-state index in [0.717, 1.165) is 6.20 Å². The van der Waals surface area contributed by atoms with Crippen molar-refractivity contribution in [1.29, 1.82) is 0 Å². The summed E-state index contributed by atoms with van der Waals surface area (Å²) in [5, 5.41) is 3.29. The lowest BCUT2D eigenvalue weighted by molar-refractivity contribution is -0.212. The molecule has 0 radical (unpaired) electrons. The standard InChI is InChI=1S/C6H9F3N4/c1-4-3-13(6(7,8)9)12-5(4)11-10-2/h3,10H,1-2H3,(H,11,12). The number of hydrogen-bond acceptors (Lipinski definition) is 3. The highest BCUT2D eigenvalue weighted by atomic mass is 19.4. The molecule has 0 saturated carbocycles. The van der Waals surface area contributed by atoms with Gasteiger partial charge in [0.15, 0.2) is 5.82 Å². The molecule has 4 nitrogen and oxygen atoms in total. The molecular formula is C6H9F3N4. The quantitative estimate of drug-likeness (QED) is 0.695. The van der Waals surface area contributed by atoms with E-state index in [0.29, 0.717) is 5.56 Å². The van der Waals surface area contributed by atoms with E-state index < -0.39 is 6.30 Å². The Morgan fingerprint density at radius 3 is 2.46 bits per heavy atom. The van der Waals surface area contributed by atoms with Gasteiger partial charge >= 0.3 is 6.30 Å². The molecule has 74 valence electrons. The van der Waals surface area contributed by atoms with E-state index in [1.165, 1.54) is 6.92 Å². The molecule has 13 heavy (non-hydrogen) atoms. The maximum Gasteiger partial charge on any atom is 0.504 e. The Morgan fingerprint density at radius 1 is 1.46 bits per heavy atom. The number of hydrogen-bond donors (Lipinski definition) is 2. The van der Waals surface area contributed by atoms with Gasteiger partial charge in [-0.05, 0) is 6.92 Å². The van der Waals surface area contributed by atoms with Gasteiger partial charge in [-0.2, -0.15) is 4.68 Å². The van der Waals surface area contributed by atoms with Crippen LogP contribution in [-0.4, -0.2) is 16.8 Å². The molecule has 0 atom stereocenters. The lowest BCUT2D eigenvalue weighted by Gasteiger charge is -2.04. The smallest absolute Gasteiger partial charge is 0.304 e. The summed E-state index contributed by atoms with van der Waals surface area (Å²) < 4.78 is 36.2. The van der Waals surface area contributed by atoms with Crippen LogP contribution in [0.2, 0.25) is 0 Å². The van der Waals surface area contributed by atoms with Crippen LogP contribution in [0.5, 0.6) is 0 Å². The van der Waals surface area contributed by atoms with E-state index in [9.17, 15) is 13.2 Å². The summed E-state index contributed by atoms with van der Waals surface area (Å²) in [5.41, 5.74) is 5.41. The van der Waals surface area contributed by atoms with Crippen molar-refractivity contribution >= 4 is 5.82 Å². The maximum absolute atomic E-state index is 12.1. The van der Waals surface area contributed by atoms with Crippen molar-refractivity contribution < 1.29 is 13.2 Å². The number of halogens is 3. The van der Waals surface area contributed by atoms with E-state index in [2.05, 4.69) is 16.0 Å². The van der Waals surface area contributed by atoms with Crippen LogP contribution in [0.4, 0.5) is 19.0 Å². The average molecular weight is 194 g/mol. The number of alkyl halides is 3. The first-order valence-electron chi connectivity index (χ1n) is 3.51. The Labute approximate surface area is 72.7 Å². The Kier molecular flexibility index (Phi) is 2.46. The van der Waals surface area contributed by atoms with Crippen molar-refractivity contribution in [2.45, 2.75) is 13.2 Å². The van der Waals surface area contributed by atoms with Gasteiger partial charge in [0.05, 0.1) is 0 Å². The second-order valence-electron chi connectivity index (χ2n) is 2.45. The molecule has 0 fully saturated rings. The first-order chi connectivity index (χ1) is 5.95. The second kappa shape index (κ2) is 3.25. The number of nitrogens with zero attached hydrogens (tertiary/aromatic N) is 2. The van der Waals surface area contributed by atoms with Gasteiger partial charge < -0.3 is 5.43 Å². The predicted molar refractivity (Wildman–Crippen MR) is 40.9 cm³/mol. The number of aromatic nitrogens is 2. The SMILES string of the molecule is CNNc1nn(C(F)(F)F)cc1C. The van der Waals surface area contributed by atoms with Gasteiger partial charge in [0.1, 0.15) is 0 Å². The van der Waals surface area contributed by atoms with Crippen molar-refractivity contribution in [1.82, 2.24) is 15.2 Å². The van der Waals surface area contributed by atoms with E-state index in [1.807, 2.05) is 0 Å². The Bertz CT molecular complexity index is 291. The van der Waals surface area contributed by atoms with Crippen molar-refractivity contribution in [3.8, 4) is 0 Å². The van der Waals surface area contributed by atoms with Gasteiger partial charge in [0.25, 0.3) is 0 Å². The number of rotatable bonds is 2. The Morgan fingerprint density at radius 2 is 2.08 bits per heavy atom. The van der Waals surface area contributed by atoms with Gasteiger partial charge in [0, 0.05) is 18.8 Å². The summed E-state index contributed by atoms with van der Waals surface area (Å²) >= 11 is 0. The van der Waals surface area contributed by atoms with Crippen LogP contribution in [0.15, 0.2) is 6.20 Å². The van der Waals surface area contributed by atoms with Crippen LogP contribution in [0.3, 0.4) is 0 Å². The van der Waals surface area contributed by atoms with E-state index in [-0.39, 0.29) is 10.5 Å². The summed E-state index contributed by atoms with van der Waals surface area (Å²) in [6.45, 7) is 1.54. The zero-order valence-corrected chi connectivity index (χ0v) is 7.11. The van der Waals surface area contributed by atoms with Gasteiger partial charge in [-0.3, -0.25) is 0 Å². The van der Waals surface area contributed by atoms with Crippen molar-refractivity contribution in [2.24, 2.45) is 0 Å². The molecule has 2 N–H and O–H groups in total. The molecule has 0 spiro atoms. The molecule has 1 heterocycles. The normalized spacial score (nSPS) is 11.8. The highest BCUT2D eigenvalue weighted by molar-refractivity contribution is 5.40. The van der Waals surface area contributed by atoms with Crippen molar-refractivity contribution in [3.05, 3.63) is 11.8 Å². The lowest BCUT2D eigenvalue weighted by atomic mass is 10.4. The zero-order chi connectivity index (χ0) is 10.1. The molecule has 0 saturated heterocycles. The molecule has 1 aromatic heterocycles. The van der Waals surface area contributed by atoms with Crippen LogP contribution < -0.4 is 10.9 Å². The largest absolute Gasteiger partial charge is 0.504 e. The molecule has 1 rings (SSSR count).